The van der Waals surface area contributed by atoms with Crippen LogP contribution < -0.4 is 15.5 Å². The molecular weight excluding hydrogens is 350 g/mol. The van der Waals surface area contributed by atoms with E-state index in [9.17, 15) is 4.79 Å². The highest BCUT2D eigenvalue weighted by molar-refractivity contribution is 6.30. The van der Waals surface area contributed by atoms with Gasteiger partial charge in [-0.3, -0.25) is 4.79 Å². The van der Waals surface area contributed by atoms with E-state index in [1.807, 2.05) is 55.4 Å². The largest absolute Gasteiger partial charge is 0.378 e. The first-order chi connectivity index (χ1) is 12.5. The third kappa shape index (κ3) is 4.49. The minimum absolute atomic E-state index is 0.271. The standard InChI is InChI=1S/C19H18ClN5O/c1-25(2)16-9-7-15(8-10-16)24-19(26)17-11-18(22-12-21-17)23-14-5-3-13(20)4-6-14/h3-12H,1-2H3,(H,24,26)(H,21,22,23). The number of nitrogens with zero attached hydrogens (tertiary/aromatic N) is 3. The van der Waals surface area contributed by atoms with E-state index in [2.05, 4.69) is 20.6 Å². The Hall–Kier alpha value is -3.12. The van der Waals surface area contributed by atoms with Crippen molar-refractivity contribution in [2.45, 2.75) is 0 Å². The minimum Gasteiger partial charge on any atom is -0.378 e. The second-order valence-corrected chi connectivity index (χ2v) is 6.25. The average molecular weight is 368 g/mol. The van der Waals surface area contributed by atoms with Crippen LogP contribution in [0.1, 0.15) is 10.5 Å². The molecule has 2 N–H and O–H groups in total. The Labute approximate surface area is 156 Å². The fourth-order valence-electron chi connectivity index (χ4n) is 2.27. The molecule has 0 aliphatic heterocycles. The first-order valence-electron chi connectivity index (χ1n) is 7.94. The van der Waals surface area contributed by atoms with E-state index in [4.69, 9.17) is 11.6 Å². The van der Waals surface area contributed by atoms with Crippen molar-refractivity contribution in [2.75, 3.05) is 29.6 Å². The number of rotatable bonds is 5. The van der Waals surface area contributed by atoms with Gasteiger partial charge in [0.25, 0.3) is 5.91 Å². The van der Waals surface area contributed by atoms with Gasteiger partial charge in [-0.25, -0.2) is 9.97 Å². The van der Waals surface area contributed by atoms with Gasteiger partial charge >= 0.3 is 0 Å². The molecule has 0 saturated carbocycles. The Morgan fingerprint density at radius 1 is 0.962 bits per heavy atom. The Kier molecular flexibility index (Phi) is 5.34. The molecule has 0 bridgehead atoms. The van der Waals surface area contributed by atoms with E-state index in [1.165, 1.54) is 6.33 Å². The van der Waals surface area contributed by atoms with Crippen LogP contribution in [0.3, 0.4) is 0 Å². The number of benzene rings is 2. The van der Waals surface area contributed by atoms with Gasteiger partial charge in [0.05, 0.1) is 0 Å². The highest BCUT2D eigenvalue weighted by atomic mass is 35.5. The second kappa shape index (κ2) is 7.84. The van der Waals surface area contributed by atoms with Gasteiger partial charge in [-0.15, -0.1) is 0 Å². The molecule has 0 saturated heterocycles. The fourth-order valence-corrected chi connectivity index (χ4v) is 2.39. The highest BCUT2D eigenvalue weighted by Crippen LogP contribution is 2.19. The number of hydrogen-bond donors (Lipinski definition) is 2. The van der Waals surface area contributed by atoms with Crippen molar-refractivity contribution in [3.8, 4) is 0 Å². The monoisotopic (exact) mass is 367 g/mol. The first-order valence-corrected chi connectivity index (χ1v) is 8.32. The van der Waals surface area contributed by atoms with E-state index < -0.39 is 0 Å². The van der Waals surface area contributed by atoms with Gasteiger partial charge in [-0.05, 0) is 48.5 Å². The fraction of sp³-hybridized carbons (Fsp3) is 0.105. The lowest BCUT2D eigenvalue weighted by atomic mass is 10.2. The number of aromatic nitrogens is 2. The van der Waals surface area contributed by atoms with Gasteiger partial charge in [-0.1, -0.05) is 11.6 Å². The van der Waals surface area contributed by atoms with Crippen LogP contribution in [0.25, 0.3) is 0 Å². The molecular formula is C19H18ClN5O. The van der Waals surface area contributed by atoms with Crippen molar-refractivity contribution in [3.63, 3.8) is 0 Å². The smallest absolute Gasteiger partial charge is 0.274 e. The van der Waals surface area contributed by atoms with Crippen LogP contribution in [0.4, 0.5) is 22.9 Å². The Morgan fingerprint density at radius 3 is 2.27 bits per heavy atom. The quantitative estimate of drug-likeness (QED) is 0.707. The summed E-state index contributed by atoms with van der Waals surface area (Å²) in [6.07, 6.45) is 1.35. The number of hydrogen-bond acceptors (Lipinski definition) is 5. The third-order valence-corrected chi connectivity index (χ3v) is 3.91. The summed E-state index contributed by atoms with van der Waals surface area (Å²) < 4.78 is 0. The summed E-state index contributed by atoms with van der Waals surface area (Å²) in [6.45, 7) is 0. The van der Waals surface area contributed by atoms with Crippen LogP contribution in [-0.2, 0) is 0 Å². The number of anilines is 4. The molecule has 3 aromatic rings. The van der Waals surface area contributed by atoms with E-state index in [0.29, 0.717) is 16.5 Å². The molecule has 3 rings (SSSR count). The third-order valence-electron chi connectivity index (χ3n) is 3.66. The number of halogens is 1. The van der Waals surface area contributed by atoms with Crippen LogP contribution in [0.2, 0.25) is 5.02 Å². The molecule has 0 aliphatic rings. The zero-order valence-electron chi connectivity index (χ0n) is 14.4. The van der Waals surface area contributed by atoms with Crippen molar-refractivity contribution in [2.24, 2.45) is 0 Å². The van der Waals surface area contributed by atoms with E-state index in [1.54, 1.807) is 18.2 Å². The summed E-state index contributed by atoms with van der Waals surface area (Å²) in [7, 11) is 3.92. The molecule has 2 aromatic carbocycles. The molecule has 0 aliphatic carbocycles. The molecule has 1 heterocycles. The molecule has 0 spiro atoms. The number of nitrogens with one attached hydrogen (secondary N) is 2. The molecule has 1 aromatic heterocycles. The first kappa shape index (κ1) is 17.7. The molecule has 0 fully saturated rings. The lowest BCUT2D eigenvalue weighted by Crippen LogP contribution is -2.14. The van der Waals surface area contributed by atoms with Crippen molar-refractivity contribution in [1.29, 1.82) is 0 Å². The molecule has 1 amide bonds. The summed E-state index contributed by atoms with van der Waals surface area (Å²) in [5.74, 6) is 0.222. The maximum absolute atomic E-state index is 12.4. The highest BCUT2D eigenvalue weighted by Gasteiger charge is 2.10. The van der Waals surface area contributed by atoms with Crippen LogP contribution in [0.5, 0.6) is 0 Å². The molecule has 0 radical (unpaired) electrons. The Balaban J connectivity index is 1.70. The van der Waals surface area contributed by atoms with Gasteiger partial charge in [0.15, 0.2) is 0 Å². The lowest BCUT2D eigenvalue weighted by molar-refractivity contribution is 0.102. The summed E-state index contributed by atoms with van der Waals surface area (Å²) in [5.41, 5.74) is 2.85. The van der Waals surface area contributed by atoms with Gasteiger partial charge in [0.1, 0.15) is 17.8 Å². The zero-order chi connectivity index (χ0) is 18.5. The number of carbonyl (C=O) groups excluding carboxylic acids is 1. The normalized spacial score (nSPS) is 10.3. The average Bonchev–Trinajstić information content (AvgIpc) is 2.64. The summed E-state index contributed by atoms with van der Waals surface area (Å²) in [6, 6.07) is 16.4. The molecule has 26 heavy (non-hydrogen) atoms. The van der Waals surface area contributed by atoms with Crippen LogP contribution in [-0.4, -0.2) is 30.0 Å². The molecule has 6 nitrogen and oxygen atoms in total. The SMILES string of the molecule is CN(C)c1ccc(NC(=O)c2cc(Nc3ccc(Cl)cc3)ncn2)cc1. The Bertz CT molecular complexity index is 895. The maximum atomic E-state index is 12.4. The van der Waals surface area contributed by atoms with Gasteiger partial charge < -0.3 is 15.5 Å². The van der Waals surface area contributed by atoms with E-state index in [-0.39, 0.29) is 11.6 Å². The van der Waals surface area contributed by atoms with Crippen molar-refractivity contribution >= 4 is 40.4 Å². The molecule has 132 valence electrons. The zero-order valence-corrected chi connectivity index (χ0v) is 15.2. The second-order valence-electron chi connectivity index (χ2n) is 5.82. The van der Waals surface area contributed by atoms with Gasteiger partial charge in [0, 0.05) is 42.2 Å². The maximum Gasteiger partial charge on any atom is 0.274 e. The molecule has 7 heteroatoms. The minimum atomic E-state index is -0.302. The predicted molar refractivity (Wildman–Crippen MR) is 105 cm³/mol. The van der Waals surface area contributed by atoms with Crippen LogP contribution >= 0.6 is 11.6 Å². The van der Waals surface area contributed by atoms with Gasteiger partial charge in [0.2, 0.25) is 0 Å². The van der Waals surface area contributed by atoms with Crippen molar-refractivity contribution in [3.05, 3.63) is 71.6 Å². The summed E-state index contributed by atoms with van der Waals surface area (Å²) in [4.78, 5) is 22.6. The van der Waals surface area contributed by atoms with E-state index >= 15 is 0 Å². The number of amides is 1. The predicted octanol–water partition coefficient (Wildman–Crippen LogP) is 4.19. The lowest BCUT2D eigenvalue weighted by Gasteiger charge is -2.13. The summed E-state index contributed by atoms with van der Waals surface area (Å²) in [5, 5.41) is 6.60. The van der Waals surface area contributed by atoms with Crippen LogP contribution in [0.15, 0.2) is 60.9 Å². The number of carbonyl (C=O) groups is 1. The van der Waals surface area contributed by atoms with Crippen molar-refractivity contribution in [1.82, 2.24) is 9.97 Å². The van der Waals surface area contributed by atoms with E-state index in [0.717, 1.165) is 11.4 Å². The van der Waals surface area contributed by atoms with Crippen molar-refractivity contribution < 1.29 is 4.79 Å². The molecule has 0 unspecified atom stereocenters. The van der Waals surface area contributed by atoms with Crippen LogP contribution in [0, 0.1) is 0 Å². The Morgan fingerprint density at radius 2 is 1.62 bits per heavy atom. The molecule has 0 atom stereocenters. The summed E-state index contributed by atoms with van der Waals surface area (Å²) >= 11 is 5.88. The topological polar surface area (TPSA) is 70.2 Å². The van der Waals surface area contributed by atoms with Gasteiger partial charge in [-0.2, -0.15) is 0 Å².